The van der Waals surface area contributed by atoms with Gasteiger partial charge in [0.25, 0.3) is 0 Å². The molecule has 0 aliphatic carbocycles. The summed E-state index contributed by atoms with van der Waals surface area (Å²) in [5, 5.41) is 8.16. The second kappa shape index (κ2) is 16.0. The van der Waals surface area contributed by atoms with E-state index in [-0.39, 0.29) is 23.8 Å². The minimum Gasteiger partial charge on any atom is -0.466 e. The molecule has 0 saturated carbocycles. The molecule has 0 bridgehead atoms. The topological polar surface area (TPSA) is 46.5 Å². The number of carbonyl (C=O) groups excluding carboxylic acids is 1. The third-order valence-corrected chi connectivity index (χ3v) is 2.33. The first-order valence-electron chi connectivity index (χ1n) is 6.13. The molecule has 1 N–H and O–H groups in total. The van der Waals surface area contributed by atoms with Gasteiger partial charge in [0, 0.05) is 0 Å². The third kappa shape index (κ3) is 21.8. The van der Waals surface area contributed by atoms with E-state index in [1.54, 1.807) is 6.92 Å². The molecular weight excluding hydrogens is 263 g/mol. The Balaban J connectivity index is 0. The van der Waals surface area contributed by atoms with Gasteiger partial charge in [0.05, 0.1) is 19.6 Å². The molecule has 0 spiro atoms. The summed E-state index contributed by atoms with van der Waals surface area (Å²) >= 11 is 11.0. The summed E-state index contributed by atoms with van der Waals surface area (Å²) in [4.78, 5) is 10.1. The van der Waals surface area contributed by atoms with Crippen molar-refractivity contribution >= 4 is 29.2 Å². The number of halogens is 2. The Morgan fingerprint density at radius 3 is 2.29 bits per heavy atom. The standard InChI is InChI=1S/C7H14Cl2.C5H10O3/c1-2-3-4-5-6-7(8)9;1-2-8-5(7)3-4-6/h7H,2-6H2,1H3;6H,2-4H2,1H3. The maximum atomic E-state index is 10.3. The average molecular weight is 287 g/mol. The number of unbranched alkanes of at least 4 members (excludes halogenated alkanes) is 3. The van der Waals surface area contributed by atoms with Crippen LogP contribution in [0.25, 0.3) is 0 Å². The Morgan fingerprint density at radius 2 is 1.88 bits per heavy atom. The van der Waals surface area contributed by atoms with Crippen molar-refractivity contribution in [2.45, 2.75) is 57.2 Å². The summed E-state index contributed by atoms with van der Waals surface area (Å²) in [7, 11) is 0. The fraction of sp³-hybridized carbons (Fsp3) is 0.917. The minimum absolute atomic E-state index is 0.105. The van der Waals surface area contributed by atoms with Crippen molar-refractivity contribution in [1.82, 2.24) is 0 Å². The quantitative estimate of drug-likeness (QED) is 0.421. The van der Waals surface area contributed by atoms with E-state index in [1.807, 2.05) is 0 Å². The number of hydrogen-bond acceptors (Lipinski definition) is 3. The number of aliphatic hydroxyl groups excluding tert-OH is 1. The van der Waals surface area contributed by atoms with E-state index >= 15 is 0 Å². The Labute approximate surface area is 114 Å². The van der Waals surface area contributed by atoms with E-state index in [0.717, 1.165) is 6.42 Å². The number of carbonyl (C=O) groups is 1. The van der Waals surface area contributed by atoms with Gasteiger partial charge in [-0.3, -0.25) is 4.79 Å². The summed E-state index contributed by atoms with van der Waals surface area (Å²) < 4.78 is 4.48. The molecule has 17 heavy (non-hydrogen) atoms. The molecule has 0 heterocycles. The predicted octanol–water partition coefficient (Wildman–Crippen LogP) is 3.69. The van der Waals surface area contributed by atoms with E-state index in [0.29, 0.717) is 6.61 Å². The highest BCUT2D eigenvalue weighted by atomic mass is 35.5. The van der Waals surface area contributed by atoms with Gasteiger partial charge in [-0.2, -0.15) is 0 Å². The second-order valence-electron chi connectivity index (χ2n) is 3.52. The fourth-order valence-corrected chi connectivity index (χ4v) is 1.36. The molecule has 0 aromatic heterocycles. The lowest BCUT2D eigenvalue weighted by Gasteiger charge is -1.98. The van der Waals surface area contributed by atoms with E-state index in [2.05, 4.69) is 11.7 Å². The zero-order valence-corrected chi connectivity index (χ0v) is 12.3. The highest BCUT2D eigenvalue weighted by Gasteiger charge is 1.96. The molecule has 0 unspecified atom stereocenters. The number of alkyl halides is 2. The van der Waals surface area contributed by atoms with E-state index in [1.165, 1.54) is 25.7 Å². The second-order valence-corrected chi connectivity index (χ2v) is 4.80. The van der Waals surface area contributed by atoms with Crippen molar-refractivity contribution in [3.8, 4) is 0 Å². The van der Waals surface area contributed by atoms with Crippen LogP contribution in [0.5, 0.6) is 0 Å². The zero-order valence-electron chi connectivity index (χ0n) is 10.8. The zero-order chi connectivity index (χ0) is 13.5. The number of rotatable bonds is 8. The van der Waals surface area contributed by atoms with Crippen molar-refractivity contribution in [1.29, 1.82) is 0 Å². The van der Waals surface area contributed by atoms with Crippen LogP contribution in [-0.2, 0) is 9.53 Å². The summed E-state index contributed by atoms with van der Waals surface area (Å²) in [5.74, 6) is -0.338. The van der Waals surface area contributed by atoms with Crippen LogP contribution in [-0.4, -0.2) is 29.1 Å². The maximum Gasteiger partial charge on any atom is 0.308 e. The largest absolute Gasteiger partial charge is 0.466 e. The van der Waals surface area contributed by atoms with Crippen LogP contribution in [0.1, 0.15) is 52.4 Å². The maximum absolute atomic E-state index is 10.3. The lowest BCUT2D eigenvalue weighted by molar-refractivity contribution is -0.143. The molecule has 3 nitrogen and oxygen atoms in total. The summed E-state index contributed by atoms with van der Waals surface area (Å²) in [5.41, 5.74) is 0. The van der Waals surface area contributed by atoms with Crippen LogP contribution in [0.2, 0.25) is 0 Å². The number of ether oxygens (including phenoxy) is 1. The highest BCUT2D eigenvalue weighted by Crippen LogP contribution is 2.12. The van der Waals surface area contributed by atoms with Crippen LogP contribution in [0.15, 0.2) is 0 Å². The fourth-order valence-electron chi connectivity index (χ4n) is 1.05. The average Bonchev–Trinajstić information content (AvgIpc) is 2.26. The van der Waals surface area contributed by atoms with Crippen molar-refractivity contribution in [2.24, 2.45) is 0 Å². The van der Waals surface area contributed by atoms with Crippen molar-refractivity contribution in [3.63, 3.8) is 0 Å². The van der Waals surface area contributed by atoms with Crippen LogP contribution < -0.4 is 0 Å². The van der Waals surface area contributed by atoms with Gasteiger partial charge in [0.15, 0.2) is 0 Å². The molecule has 0 radical (unpaired) electrons. The smallest absolute Gasteiger partial charge is 0.308 e. The van der Waals surface area contributed by atoms with Gasteiger partial charge in [0.2, 0.25) is 0 Å². The van der Waals surface area contributed by atoms with Gasteiger partial charge in [-0.05, 0) is 13.3 Å². The van der Waals surface area contributed by atoms with Gasteiger partial charge in [-0.15, -0.1) is 23.2 Å². The molecule has 0 aliphatic heterocycles. The van der Waals surface area contributed by atoms with Gasteiger partial charge in [-0.25, -0.2) is 0 Å². The monoisotopic (exact) mass is 286 g/mol. The van der Waals surface area contributed by atoms with Crippen molar-refractivity contribution in [3.05, 3.63) is 0 Å². The van der Waals surface area contributed by atoms with Gasteiger partial charge >= 0.3 is 5.97 Å². The molecule has 0 aromatic rings. The SMILES string of the molecule is CCCCCCC(Cl)Cl.CCOC(=O)CCO. The van der Waals surface area contributed by atoms with Crippen LogP contribution in [0, 0.1) is 0 Å². The van der Waals surface area contributed by atoms with Crippen molar-refractivity contribution in [2.75, 3.05) is 13.2 Å². The molecule has 5 heteroatoms. The first kappa shape index (κ1) is 19.4. The van der Waals surface area contributed by atoms with Gasteiger partial charge in [0.1, 0.15) is 4.84 Å². The van der Waals surface area contributed by atoms with Crippen LogP contribution in [0.4, 0.5) is 0 Å². The summed E-state index contributed by atoms with van der Waals surface area (Å²) in [6.45, 7) is 4.19. The lowest BCUT2D eigenvalue weighted by atomic mass is 10.2. The van der Waals surface area contributed by atoms with E-state index in [4.69, 9.17) is 28.3 Å². The van der Waals surface area contributed by atoms with Gasteiger partial charge < -0.3 is 9.84 Å². The Kier molecular flexibility index (Phi) is 18.2. The van der Waals surface area contributed by atoms with Crippen LogP contribution in [0.3, 0.4) is 0 Å². The molecule has 104 valence electrons. The Bertz CT molecular complexity index is 156. The Hall–Kier alpha value is 0.01000. The number of esters is 1. The highest BCUT2D eigenvalue weighted by molar-refractivity contribution is 6.44. The minimum atomic E-state index is -0.338. The molecule has 0 aliphatic rings. The molecule has 0 rings (SSSR count). The molecular formula is C12H24Cl2O3. The normalized spacial score (nSPS) is 9.76. The molecule has 0 atom stereocenters. The van der Waals surface area contributed by atoms with E-state index in [9.17, 15) is 4.79 Å². The molecule has 0 aromatic carbocycles. The Morgan fingerprint density at radius 1 is 1.24 bits per heavy atom. The predicted molar refractivity (Wildman–Crippen MR) is 72.6 cm³/mol. The number of hydrogen-bond donors (Lipinski definition) is 1. The van der Waals surface area contributed by atoms with Crippen LogP contribution >= 0.6 is 23.2 Å². The lowest BCUT2D eigenvalue weighted by Crippen LogP contribution is -2.05. The van der Waals surface area contributed by atoms with Crippen molar-refractivity contribution < 1.29 is 14.6 Å². The summed E-state index contributed by atoms with van der Waals surface area (Å²) in [6, 6.07) is 0. The number of aliphatic hydroxyl groups is 1. The summed E-state index contributed by atoms with van der Waals surface area (Å²) in [6.07, 6.45) is 6.07. The van der Waals surface area contributed by atoms with Gasteiger partial charge in [-0.1, -0.05) is 32.6 Å². The third-order valence-electron chi connectivity index (χ3n) is 1.90. The van der Waals surface area contributed by atoms with E-state index < -0.39 is 0 Å². The first-order valence-corrected chi connectivity index (χ1v) is 7.00. The molecule has 0 amide bonds. The first-order chi connectivity index (χ1) is 8.08. The molecule has 0 fully saturated rings. The molecule has 0 saturated heterocycles.